The van der Waals surface area contributed by atoms with Gasteiger partial charge in [-0.15, -0.1) is 0 Å². The predicted molar refractivity (Wildman–Crippen MR) is 143 cm³/mol. The van der Waals surface area contributed by atoms with Crippen LogP contribution >= 0.6 is 11.9 Å². The Labute approximate surface area is 219 Å². The number of ether oxygens (including phenoxy) is 3. The third kappa shape index (κ3) is 9.64. The summed E-state index contributed by atoms with van der Waals surface area (Å²) in [7, 11) is 1.48. The SMILES string of the molecule is COc1cc(CSNC(=O)OCC(COC(=O)C(C)(C)C)Cc2ccc(C(C)(C)C)cc2)ccc1O. The van der Waals surface area contributed by atoms with E-state index >= 15 is 0 Å². The molecule has 0 aliphatic carbocycles. The average molecular weight is 518 g/mol. The van der Waals surface area contributed by atoms with Gasteiger partial charge in [-0.1, -0.05) is 51.1 Å². The minimum Gasteiger partial charge on any atom is -0.504 e. The van der Waals surface area contributed by atoms with E-state index in [1.165, 1.54) is 24.6 Å². The third-order valence-corrected chi connectivity index (χ3v) is 6.28. The lowest BCUT2D eigenvalue weighted by Gasteiger charge is -2.22. The number of amides is 1. The average Bonchev–Trinajstić information content (AvgIpc) is 2.80. The summed E-state index contributed by atoms with van der Waals surface area (Å²) in [6, 6.07) is 13.4. The number of carbonyl (C=O) groups is 2. The van der Waals surface area contributed by atoms with Gasteiger partial charge < -0.3 is 19.3 Å². The zero-order valence-corrected chi connectivity index (χ0v) is 23.2. The number of phenolic OH excluding ortho intramolecular Hbond substituents is 1. The van der Waals surface area contributed by atoms with Gasteiger partial charge in [-0.05, 0) is 73.4 Å². The number of hydrogen-bond donors (Lipinski definition) is 2. The number of methoxy groups -OCH3 is 1. The van der Waals surface area contributed by atoms with Crippen LogP contribution in [0.25, 0.3) is 0 Å². The number of aromatic hydroxyl groups is 1. The molecule has 1 amide bonds. The van der Waals surface area contributed by atoms with Crippen LogP contribution in [0.15, 0.2) is 42.5 Å². The lowest BCUT2D eigenvalue weighted by molar-refractivity contribution is -0.154. The van der Waals surface area contributed by atoms with Gasteiger partial charge in [-0.2, -0.15) is 0 Å². The van der Waals surface area contributed by atoms with Crippen LogP contribution in [-0.4, -0.2) is 37.5 Å². The number of carbonyl (C=O) groups excluding carboxylic acids is 2. The highest BCUT2D eigenvalue weighted by molar-refractivity contribution is 7.97. The summed E-state index contributed by atoms with van der Waals surface area (Å²) in [6.45, 7) is 12.2. The van der Waals surface area contributed by atoms with Crippen molar-refractivity contribution >= 4 is 24.0 Å². The molecule has 0 saturated carbocycles. The molecule has 0 aliphatic rings. The quantitative estimate of drug-likeness (QED) is 0.294. The smallest absolute Gasteiger partial charge is 0.417 e. The Balaban J connectivity index is 1.93. The normalized spacial score (nSPS) is 12.5. The summed E-state index contributed by atoms with van der Waals surface area (Å²) in [6.07, 6.45) is 0.0382. The molecule has 36 heavy (non-hydrogen) atoms. The lowest BCUT2D eigenvalue weighted by atomic mass is 9.86. The highest BCUT2D eigenvalue weighted by Gasteiger charge is 2.25. The van der Waals surface area contributed by atoms with E-state index in [0.717, 1.165) is 11.1 Å². The molecule has 2 aromatic rings. The van der Waals surface area contributed by atoms with Gasteiger partial charge >= 0.3 is 12.1 Å². The Hall–Kier alpha value is -2.87. The van der Waals surface area contributed by atoms with Crippen molar-refractivity contribution in [3.63, 3.8) is 0 Å². The van der Waals surface area contributed by atoms with Crippen molar-refractivity contribution in [1.82, 2.24) is 4.72 Å². The van der Waals surface area contributed by atoms with Crippen molar-refractivity contribution in [3.05, 3.63) is 59.2 Å². The van der Waals surface area contributed by atoms with Gasteiger partial charge in [0.25, 0.3) is 0 Å². The van der Waals surface area contributed by atoms with Crippen molar-refractivity contribution in [2.75, 3.05) is 20.3 Å². The van der Waals surface area contributed by atoms with Crippen LogP contribution < -0.4 is 9.46 Å². The Morgan fingerprint density at radius 2 is 1.56 bits per heavy atom. The number of hydrogen-bond acceptors (Lipinski definition) is 7. The van der Waals surface area contributed by atoms with Crippen molar-refractivity contribution in [1.29, 1.82) is 0 Å². The second kappa shape index (κ2) is 12.9. The van der Waals surface area contributed by atoms with E-state index in [-0.39, 0.29) is 36.3 Å². The summed E-state index contributed by atoms with van der Waals surface area (Å²) in [5.74, 6) is 0.427. The third-order valence-electron chi connectivity index (χ3n) is 5.50. The van der Waals surface area contributed by atoms with Gasteiger partial charge in [0.2, 0.25) is 0 Å². The van der Waals surface area contributed by atoms with Gasteiger partial charge in [-0.3, -0.25) is 9.52 Å². The molecule has 0 bridgehead atoms. The zero-order valence-electron chi connectivity index (χ0n) is 22.3. The molecule has 2 N–H and O–H groups in total. The van der Waals surface area contributed by atoms with Crippen molar-refractivity contribution in [2.45, 2.75) is 59.1 Å². The first-order valence-electron chi connectivity index (χ1n) is 12.0. The minimum atomic E-state index is -0.606. The first-order chi connectivity index (χ1) is 16.8. The molecule has 8 heteroatoms. The van der Waals surface area contributed by atoms with Gasteiger partial charge in [0.15, 0.2) is 11.5 Å². The molecular weight excluding hydrogens is 478 g/mol. The summed E-state index contributed by atoms with van der Waals surface area (Å²) in [4.78, 5) is 24.6. The van der Waals surface area contributed by atoms with Gasteiger partial charge in [0.1, 0.15) is 0 Å². The maximum Gasteiger partial charge on any atom is 0.417 e. The molecular formula is C28H39NO6S. The predicted octanol–water partition coefficient (Wildman–Crippen LogP) is 6.02. The highest BCUT2D eigenvalue weighted by Crippen LogP contribution is 2.27. The summed E-state index contributed by atoms with van der Waals surface area (Å²) < 4.78 is 18.7. The van der Waals surface area contributed by atoms with Crippen LogP contribution in [0.3, 0.4) is 0 Å². The molecule has 7 nitrogen and oxygen atoms in total. The van der Waals surface area contributed by atoms with Gasteiger partial charge in [0.05, 0.1) is 25.7 Å². The first kappa shape index (κ1) is 29.4. The van der Waals surface area contributed by atoms with E-state index in [4.69, 9.17) is 14.2 Å². The number of benzene rings is 2. The fraction of sp³-hybridized carbons (Fsp3) is 0.500. The monoisotopic (exact) mass is 517 g/mol. The number of phenols is 1. The summed E-state index contributed by atoms with van der Waals surface area (Å²) in [5, 5.41) is 9.69. The van der Waals surface area contributed by atoms with Gasteiger partial charge in [-0.25, -0.2) is 4.79 Å². The Bertz CT molecular complexity index is 1010. The Kier molecular flexibility index (Phi) is 10.5. The fourth-order valence-electron chi connectivity index (χ4n) is 3.26. The standard InChI is InChI=1S/C28H39NO6S/c1-27(2,3)22-11-8-19(9-12-22)14-21(16-34-25(31)28(4,5)6)17-35-26(32)29-36-18-20-10-13-23(30)24(15-20)33-7/h8-13,15,21,30H,14,16-18H2,1-7H3,(H,29,32). The molecule has 2 aromatic carbocycles. The molecule has 0 fully saturated rings. The minimum absolute atomic E-state index is 0.0598. The molecule has 1 unspecified atom stereocenters. The van der Waals surface area contributed by atoms with Crippen LogP contribution in [0.5, 0.6) is 11.5 Å². The molecule has 1 atom stereocenters. The fourth-order valence-corrected chi connectivity index (χ4v) is 3.86. The lowest BCUT2D eigenvalue weighted by Crippen LogP contribution is -2.29. The molecule has 0 saturated heterocycles. The zero-order chi connectivity index (χ0) is 26.9. The molecule has 0 heterocycles. The van der Waals surface area contributed by atoms with E-state index in [9.17, 15) is 14.7 Å². The molecule has 0 spiro atoms. The molecule has 0 radical (unpaired) electrons. The second-order valence-electron chi connectivity index (χ2n) is 10.9. The molecule has 0 aliphatic heterocycles. The van der Waals surface area contributed by atoms with Crippen LogP contribution in [-0.2, 0) is 31.9 Å². The number of rotatable bonds is 10. The molecule has 2 rings (SSSR count). The highest BCUT2D eigenvalue weighted by atomic mass is 32.2. The Morgan fingerprint density at radius 1 is 0.944 bits per heavy atom. The van der Waals surface area contributed by atoms with Crippen LogP contribution in [0.1, 0.15) is 58.2 Å². The van der Waals surface area contributed by atoms with E-state index in [0.29, 0.717) is 17.9 Å². The number of nitrogens with one attached hydrogen (secondary N) is 1. The molecule has 198 valence electrons. The van der Waals surface area contributed by atoms with Crippen LogP contribution in [0.2, 0.25) is 0 Å². The second-order valence-corrected chi connectivity index (χ2v) is 11.6. The topological polar surface area (TPSA) is 94.1 Å². The van der Waals surface area contributed by atoms with Crippen LogP contribution in [0.4, 0.5) is 4.79 Å². The summed E-state index contributed by atoms with van der Waals surface area (Å²) >= 11 is 1.17. The van der Waals surface area contributed by atoms with Gasteiger partial charge in [0, 0.05) is 11.7 Å². The maximum absolute atomic E-state index is 12.3. The van der Waals surface area contributed by atoms with Crippen molar-refractivity contribution in [2.24, 2.45) is 11.3 Å². The first-order valence-corrected chi connectivity index (χ1v) is 12.9. The van der Waals surface area contributed by atoms with E-state index in [1.54, 1.807) is 39.0 Å². The van der Waals surface area contributed by atoms with Crippen molar-refractivity contribution < 1.29 is 28.9 Å². The Morgan fingerprint density at radius 3 is 2.14 bits per heavy atom. The van der Waals surface area contributed by atoms with E-state index in [1.807, 2.05) is 0 Å². The van der Waals surface area contributed by atoms with Crippen molar-refractivity contribution in [3.8, 4) is 11.5 Å². The molecule has 0 aromatic heterocycles. The maximum atomic E-state index is 12.3. The largest absolute Gasteiger partial charge is 0.504 e. The van der Waals surface area contributed by atoms with Crippen LogP contribution in [0, 0.1) is 11.3 Å². The summed E-state index contributed by atoms with van der Waals surface area (Å²) in [5.41, 5.74) is 2.65. The number of esters is 1. The van der Waals surface area contributed by atoms with E-state index < -0.39 is 11.5 Å². The van der Waals surface area contributed by atoms with E-state index in [2.05, 4.69) is 49.8 Å².